The number of alkyl halides is 2. The van der Waals surface area contributed by atoms with Gasteiger partial charge in [-0.1, -0.05) is 58.3 Å². The van der Waals surface area contributed by atoms with Crippen LogP contribution in [0, 0.1) is 0 Å². The molecule has 0 saturated heterocycles. The van der Waals surface area contributed by atoms with Crippen LogP contribution in [0.25, 0.3) is 0 Å². The van der Waals surface area contributed by atoms with Gasteiger partial charge in [-0.25, -0.2) is 0 Å². The zero-order valence-electron chi connectivity index (χ0n) is 10.3. The molecule has 0 aliphatic carbocycles. The topological polar surface area (TPSA) is 0 Å². The van der Waals surface area contributed by atoms with Crippen LogP contribution < -0.4 is 0 Å². The minimum Gasteiger partial charge on any atom is -0.122 e. The average molecular weight is 253 g/mol. The van der Waals surface area contributed by atoms with Gasteiger partial charge >= 0.3 is 0 Å². The summed E-state index contributed by atoms with van der Waals surface area (Å²) in [6.07, 6.45) is 11.9. The van der Waals surface area contributed by atoms with E-state index in [1.165, 1.54) is 51.4 Å². The van der Waals surface area contributed by atoms with Crippen LogP contribution in [0.4, 0.5) is 0 Å². The normalized spacial score (nSPS) is 15.2. The number of hydrogen-bond acceptors (Lipinski definition) is 0. The fraction of sp³-hybridized carbons (Fsp3) is 1.00. The fourth-order valence-electron chi connectivity index (χ4n) is 1.70. The van der Waals surface area contributed by atoms with Gasteiger partial charge in [0.2, 0.25) is 0 Å². The first kappa shape index (κ1) is 15.6. The Balaban J connectivity index is 3.05. The molecule has 0 nitrogen and oxygen atoms in total. The lowest BCUT2D eigenvalue weighted by atomic mass is 10.1. The molecule has 0 rings (SSSR count). The molecule has 0 amide bonds. The van der Waals surface area contributed by atoms with E-state index in [1.807, 2.05) is 6.92 Å². The summed E-state index contributed by atoms with van der Waals surface area (Å²) in [4.78, 5) is 0. The van der Waals surface area contributed by atoms with Gasteiger partial charge in [0.25, 0.3) is 0 Å². The summed E-state index contributed by atoms with van der Waals surface area (Å²) < 4.78 is 0. The Morgan fingerprint density at radius 2 is 1.27 bits per heavy atom. The number of unbranched alkanes of at least 4 members (excludes halogenated alkanes) is 7. The quantitative estimate of drug-likeness (QED) is 0.343. The van der Waals surface area contributed by atoms with Crippen molar-refractivity contribution in [2.75, 3.05) is 0 Å². The number of rotatable bonds is 10. The van der Waals surface area contributed by atoms with Crippen LogP contribution in [0.3, 0.4) is 0 Å². The average Bonchev–Trinajstić information content (AvgIpc) is 2.21. The molecule has 0 N–H and O–H groups in total. The largest absolute Gasteiger partial charge is 0.122 e. The summed E-state index contributed by atoms with van der Waals surface area (Å²) in [5, 5.41) is 0.267. The Bertz CT molecular complexity index is 124. The maximum absolute atomic E-state index is 6.07. The minimum atomic E-state index is 0.108. The van der Waals surface area contributed by atoms with E-state index >= 15 is 0 Å². The zero-order chi connectivity index (χ0) is 11.5. The van der Waals surface area contributed by atoms with Crippen LogP contribution in [-0.4, -0.2) is 10.8 Å². The van der Waals surface area contributed by atoms with Gasteiger partial charge in [-0.05, 0) is 13.3 Å². The minimum absolute atomic E-state index is 0.108. The second-order valence-electron chi connectivity index (χ2n) is 4.46. The summed E-state index contributed by atoms with van der Waals surface area (Å²) in [6, 6.07) is 0. The molecule has 0 spiro atoms. The third-order valence-electron chi connectivity index (χ3n) is 2.83. The maximum Gasteiger partial charge on any atom is 0.0497 e. The Labute approximate surface area is 106 Å². The molecular formula is C13H26Cl2. The van der Waals surface area contributed by atoms with Crippen molar-refractivity contribution >= 4 is 23.2 Å². The van der Waals surface area contributed by atoms with Crippen LogP contribution in [0.5, 0.6) is 0 Å². The monoisotopic (exact) mass is 252 g/mol. The van der Waals surface area contributed by atoms with Gasteiger partial charge in [-0.2, -0.15) is 0 Å². The smallest absolute Gasteiger partial charge is 0.0497 e. The standard InChI is InChI=1S/C13H26Cl2/c1-3-4-5-6-7-8-9-10-11-13(15)12(2)14/h12-13H,3-11H2,1-2H3. The highest BCUT2D eigenvalue weighted by molar-refractivity contribution is 6.29. The lowest BCUT2D eigenvalue weighted by molar-refractivity contribution is 0.557. The van der Waals surface area contributed by atoms with Crippen LogP contribution in [0.1, 0.15) is 71.6 Å². The lowest BCUT2D eigenvalue weighted by Crippen LogP contribution is -2.10. The van der Waals surface area contributed by atoms with E-state index in [0.717, 1.165) is 6.42 Å². The molecule has 2 heteroatoms. The van der Waals surface area contributed by atoms with Gasteiger partial charge in [0.1, 0.15) is 0 Å². The van der Waals surface area contributed by atoms with Crippen LogP contribution in [0.15, 0.2) is 0 Å². The third kappa shape index (κ3) is 10.9. The highest BCUT2D eigenvalue weighted by atomic mass is 35.5. The summed E-state index contributed by atoms with van der Waals surface area (Å²) in [5.74, 6) is 0. The Morgan fingerprint density at radius 1 is 0.800 bits per heavy atom. The Morgan fingerprint density at radius 3 is 1.73 bits per heavy atom. The van der Waals surface area contributed by atoms with E-state index in [1.54, 1.807) is 0 Å². The molecule has 0 aliphatic rings. The molecule has 15 heavy (non-hydrogen) atoms. The van der Waals surface area contributed by atoms with Crippen LogP contribution >= 0.6 is 23.2 Å². The van der Waals surface area contributed by atoms with E-state index in [0.29, 0.717) is 0 Å². The first-order valence-corrected chi connectivity index (χ1v) is 7.34. The van der Waals surface area contributed by atoms with Crippen molar-refractivity contribution in [2.45, 2.75) is 82.4 Å². The molecule has 0 heterocycles. The van der Waals surface area contributed by atoms with Crippen molar-refractivity contribution in [3.63, 3.8) is 0 Å². The summed E-state index contributed by atoms with van der Waals surface area (Å²) >= 11 is 12.0. The summed E-state index contributed by atoms with van der Waals surface area (Å²) in [5.41, 5.74) is 0. The Hall–Kier alpha value is 0.580. The molecule has 0 aromatic rings. The first-order valence-electron chi connectivity index (χ1n) is 6.46. The predicted molar refractivity (Wildman–Crippen MR) is 72.2 cm³/mol. The zero-order valence-corrected chi connectivity index (χ0v) is 11.8. The molecular weight excluding hydrogens is 227 g/mol. The molecule has 0 saturated carbocycles. The van der Waals surface area contributed by atoms with Gasteiger partial charge in [0.15, 0.2) is 0 Å². The van der Waals surface area contributed by atoms with Crippen molar-refractivity contribution < 1.29 is 0 Å². The van der Waals surface area contributed by atoms with E-state index in [9.17, 15) is 0 Å². The van der Waals surface area contributed by atoms with E-state index < -0.39 is 0 Å². The molecule has 2 atom stereocenters. The van der Waals surface area contributed by atoms with Crippen molar-refractivity contribution in [2.24, 2.45) is 0 Å². The van der Waals surface area contributed by atoms with Crippen molar-refractivity contribution in [1.82, 2.24) is 0 Å². The summed E-state index contributed by atoms with van der Waals surface area (Å²) in [7, 11) is 0. The molecule has 0 aromatic heterocycles. The second kappa shape index (κ2) is 11.1. The molecule has 0 aromatic carbocycles. The van der Waals surface area contributed by atoms with Crippen molar-refractivity contribution in [3.05, 3.63) is 0 Å². The van der Waals surface area contributed by atoms with Crippen LogP contribution in [0.2, 0.25) is 0 Å². The van der Waals surface area contributed by atoms with Gasteiger partial charge in [-0.3, -0.25) is 0 Å². The van der Waals surface area contributed by atoms with Crippen LogP contribution in [-0.2, 0) is 0 Å². The predicted octanol–water partition coefficient (Wildman–Crippen LogP) is 5.75. The molecule has 0 fully saturated rings. The van der Waals surface area contributed by atoms with E-state index in [-0.39, 0.29) is 10.8 Å². The summed E-state index contributed by atoms with van der Waals surface area (Å²) in [6.45, 7) is 4.23. The SMILES string of the molecule is CCCCCCCCCCC(Cl)C(C)Cl. The van der Waals surface area contributed by atoms with Gasteiger partial charge in [0, 0.05) is 10.8 Å². The van der Waals surface area contributed by atoms with Gasteiger partial charge < -0.3 is 0 Å². The third-order valence-corrected chi connectivity index (χ3v) is 3.86. The van der Waals surface area contributed by atoms with Crippen molar-refractivity contribution in [1.29, 1.82) is 0 Å². The molecule has 0 aliphatic heterocycles. The molecule has 0 bridgehead atoms. The lowest BCUT2D eigenvalue weighted by Gasteiger charge is -2.10. The highest BCUT2D eigenvalue weighted by Gasteiger charge is 2.09. The van der Waals surface area contributed by atoms with Crippen molar-refractivity contribution in [3.8, 4) is 0 Å². The Kier molecular flexibility index (Phi) is 11.5. The number of hydrogen-bond donors (Lipinski definition) is 0. The molecule has 92 valence electrons. The highest BCUT2D eigenvalue weighted by Crippen LogP contribution is 2.17. The molecule has 2 unspecified atom stereocenters. The van der Waals surface area contributed by atoms with Gasteiger partial charge in [-0.15, -0.1) is 23.2 Å². The van der Waals surface area contributed by atoms with E-state index in [4.69, 9.17) is 23.2 Å². The fourth-order valence-corrected chi connectivity index (χ4v) is 1.98. The second-order valence-corrected chi connectivity index (χ2v) is 5.71. The molecule has 0 radical (unpaired) electrons. The van der Waals surface area contributed by atoms with E-state index in [2.05, 4.69) is 6.92 Å². The maximum atomic E-state index is 6.07. The number of halogens is 2. The first-order chi connectivity index (χ1) is 7.18. The van der Waals surface area contributed by atoms with Gasteiger partial charge in [0.05, 0.1) is 0 Å².